The van der Waals surface area contributed by atoms with Crippen molar-refractivity contribution in [3.63, 3.8) is 0 Å². The van der Waals surface area contributed by atoms with Crippen LogP contribution in [0.3, 0.4) is 0 Å². The van der Waals surface area contributed by atoms with Gasteiger partial charge in [0.2, 0.25) is 0 Å². The molecule has 0 aliphatic carbocycles. The average Bonchev–Trinajstić information content (AvgIpc) is 2.80. The maximum atomic E-state index is 13.5. The molecule has 8 heteroatoms. The zero-order valence-corrected chi connectivity index (χ0v) is 12.0. The van der Waals surface area contributed by atoms with E-state index in [1.165, 1.54) is 19.2 Å². The number of rotatable bonds is 4. The first-order chi connectivity index (χ1) is 10.4. The van der Waals surface area contributed by atoms with E-state index in [1.54, 1.807) is 6.07 Å². The molecule has 1 heterocycles. The molecule has 0 spiro atoms. The van der Waals surface area contributed by atoms with Gasteiger partial charge in [0.1, 0.15) is 0 Å². The topological polar surface area (TPSA) is 61.8 Å². The molecule has 5 nitrogen and oxygen atoms in total. The van der Waals surface area contributed by atoms with E-state index in [4.69, 9.17) is 9.84 Å². The molecule has 0 saturated carbocycles. The Balaban J connectivity index is 1.96. The number of hydrogen-bond acceptors (Lipinski definition) is 3. The van der Waals surface area contributed by atoms with Gasteiger partial charge in [-0.2, -0.15) is 0 Å². The Bertz CT molecular complexity index is 554. The van der Waals surface area contributed by atoms with Crippen molar-refractivity contribution in [3.8, 4) is 5.75 Å². The molecule has 1 unspecified atom stereocenters. The summed E-state index contributed by atoms with van der Waals surface area (Å²) in [5, 5.41) is 11.5. The number of amides is 2. The quantitative estimate of drug-likeness (QED) is 0.889. The maximum Gasteiger partial charge on any atom is 0.318 e. The summed E-state index contributed by atoms with van der Waals surface area (Å²) in [7, 11) is 1.34. The lowest BCUT2D eigenvalue weighted by Crippen LogP contribution is -2.44. The number of halogens is 3. The van der Waals surface area contributed by atoms with Crippen LogP contribution in [0.2, 0.25) is 0 Å². The Morgan fingerprint density at radius 3 is 2.86 bits per heavy atom. The van der Waals surface area contributed by atoms with Crippen molar-refractivity contribution >= 4 is 6.03 Å². The molecule has 2 N–H and O–H groups in total. The van der Waals surface area contributed by atoms with E-state index >= 15 is 0 Å². The lowest BCUT2D eigenvalue weighted by atomic mass is 10.2. The minimum Gasteiger partial charge on any atom is -0.494 e. The van der Waals surface area contributed by atoms with E-state index in [9.17, 15) is 18.0 Å². The number of carbonyl (C=O) groups is 1. The van der Waals surface area contributed by atoms with Gasteiger partial charge in [0.25, 0.3) is 5.92 Å². The summed E-state index contributed by atoms with van der Waals surface area (Å²) in [5.74, 6) is -3.50. The normalized spacial score (nSPS) is 20.0. The molecule has 22 heavy (non-hydrogen) atoms. The lowest BCUT2D eigenvalue weighted by Gasteiger charge is -2.22. The Morgan fingerprint density at radius 1 is 1.55 bits per heavy atom. The highest BCUT2D eigenvalue weighted by Crippen LogP contribution is 2.31. The Kier molecular flexibility index (Phi) is 4.80. The largest absolute Gasteiger partial charge is 0.494 e. The predicted octanol–water partition coefficient (Wildman–Crippen LogP) is 1.75. The Hall–Kier alpha value is -1.96. The van der Waals surface area contributed by atoms with E-state index in [0.717, 1.165) is 4.90 Å². The van der Waals surface area contributed by atoms with Gasteiger partial charge in [-0.25, -0.2) is 18.0 Å². The standard InChI is InChI=1S/C14H17F3N2O3/c1-22-12-3-2-9(4-11(12)15)6-18-13(21)19-8-14(16,17)5-10(19)7-20/h2-4,10,20H,5-8H2,1H3,(H,18,21). The van der Waals surface area contributed by atoms with Crippen LogP contribution in [0.15, 0.2) is 18.2 Å². The van der Waals surface area contributed by atoms with Crippen LogP contribution in [0.5, 0.6) is 5.75 Å². The number of ether oxygens (including phenoxy) is 1. The van der Waals surface area contributed by atoms with E-state index < -0.39 is 43.4 Å². The van der Waals surface area contributed by atoms with Crippen molar-refractivity contribution in [2.75, 3.05) is 20.3 Å². The molecular formula is C14H17F3N2O3. The fourth-order valence-corrected chi connectivity index (χ4v) is 2.40. The molecule has 1 saturated heterocycles. The first-order valence-electron chi connectivity index (χ1n) is 6.72. The predicted molar refractivity (Wildman–Crippen MR) is 72.3 cm³/mol. The van der Waals surface area contributed by atoms with Gasteiger partial charge in [0.15, 0.2) is 11.6 Å². The van der Waals surface area contributed by atoms with E-state index in [1.807, 2.05) is 0 Å². The van der Waals surface area contributed by atoms with Gasteiger partial charge in [-0.05, 0) is 17.7 Å². The molecule has 0 aromatic heterocycles. The van der Waals surface area contributed by atoms with Gasteiger partial charge in [0, 0.05) is 13.0 Å². The number of hydrogen-bond donors (Lipinski definition) is 2. The summed E-state index contributed by atoms with van der Waals surface area (Å²) >= 11 is 0. The molecule has 1 aliphatic rings. The number of benzene rings is 1. The van der Waals surface area contributed by atoms with Crippen LogP contribution < -0.4 is 10.1 Å². The molecule has 1 aromatic rings. The van der Waals surface area contributed by atoms with Crippen molar-refractivity contribution in [2.45, 2.75) is 24.9 Å². The molecule has 0 radical (unpaired) electrons. The smallest absolute Gasteiger partial charge is 0.318 e. The van der Waals surface area contributed by atoms with E-state index in [-0.39, 0.29) is 12.3 Å². The van der Waals surface area contributed by atoms with Gasteiger partial charge in [-0.3, -0.25) is 0 Å². The summed E-state index contributed by atoms with van der Waals surface area (Å²) in [6.45, 7) is -1.28. The summed E-state index contributed by atoms with van der Waals surface area (Å²) < 4.78 is 44.9. The van der Waals surface area contributed by atoms with Crippen molar-refractivity contribution in [2.24, 2.45) is 0 Å². The first-order valence-corrected chi connectivity index (χ1v) is 6.72. The van der Waals surface area contributed by atoms with Crippen LogP contribution in [0.1, 0.15) is 12.0 Å². The van der Waals surface area contributed by atoms with Crippen molar-refractivity contribution in [1.29, 1.82) is 0 Å². The fourth-order valence-electron chi connectivity index (χ4n) is 2.40. The van der Waals surface area contributed by atoms with Gasteiger partial charge < -0.3 is 20.1 Å². The first kappa shape index (κ1) is 16.4. The number of alkyl halides is 2. The van der Waals surface area contributed by atoms with Crippen LogP contribution in [0.4, 0.5) is 18.0 Å². The molecule has 2 rings (SSSR count). The summed E-state index contributed by atoms with van der Waals surface area (Å²) in [5.41, 5.74) is 0.471. The summed E-state index contributed by atoms with van der Waals surface area (Å²) in [4.78, 5) is 12.8. The number of carbonyl (C=O) groups excluding carboxylic acids is 1. The second-order valence-corrected chi connectivity index (χ2v) is 5.15. The Morgan fingerprint density at radius 2 is 2.27 bits per heavy atom. The third-order valence-corrected chi connectivity index (χ3v) is 3.51. The minimum absolute atomic E-state index is 0.0139. The van der Waals surface area contributed by atoms with Crippen molar-refractivity contribution in [3.05, 3.63) is 29.6 Å². The maximum absolute atomic E-state index is 13.5. The molecule has 1 atom stereocenters. The SMILES string of the molecule is COc1ccc(CNC(=O)N2CC(F)(F)CC2CO)cc1F. The third-order valence-electron chi connectivity index (χ3n) is 3.51. The average molecular weight is 318 g/mol. The van der Waals surface area contributed by atoms with Crippen LogP contribution in [0.25, 0.3) is 0 Å². The highest BCUT2D eigenvalue weighted by atomic mass is 19.3. The lowest BCUT2D eigenvalue weighted by molar-refractivity contribution is 0.0141. The van der Waals surface area contributed by atoms with Crippen LogP contribution in [-0.2, 0) is 6.54 Å². The number of likely N-dealkylation sites (tertiary alicyclic amines) is 1. The molecule has 2 amide bonds. The molecule has 122 valence electrons. The summed E-state index contributed by atoms with van der Waals surface area (Å²) in [6.07, 6.45) is -0.561. The highest BCUT2D eigenvalue weighted by Gasteiger charge is 2.46. The molecule has 0 bridgehead atoms. The van der Waals surface area contributed by atoms with Gasteiger partial charge >= 0.3 is 6.03 Å². The van der Waals surface area contributed by atoms with Crippen molar-refractivity contribution in [1.82, 2.24) is 10.2 Å². The number of nitrogens with zero attached hydrogens (tertiary/aromatic N) is 1. The molecule has 1 aromatic carbocycles. The second-order valence-electron chi connectivity index (χ2n) is 5.15. The minimum atomic E-state index is -3.00. The monoisotopic (exact) mass is 318 g/mol. The van der Waals surface area contributed by atoms with Gasteiger partial charge in [-0.1, -0.05) is 6.07 Å². The van der Waals surface area contributed by atoms with Crippen LogP contribution in [0, 0.1) is 5.82 Å². The second kappa shape index (κ2) is 6.43. The van der Waals surface area contributed by atoms with Crippen LogP contribution >= 0.6 is 0 Å². The van der Waals surface area contributed by atoms with E-state index in [0.29, 0.717) is 5.56 Å². The molecule has 1 aliphatic heterocycles. The van der Waals surface area contributed by atoms with Crippen LogP contribution in [-0.4, -0.2) is 48.3 Å². The molecule has 1 fully saturated rings. The highest BCUT2D eigenvalue weighted by molar-refractivity contribution is 5.75. The number of aliphatic hydroxyl groups excluding tert-OH is 1. The third kappa shape index (κ3) is 3.62. The fraction of sp³-hybridized carbons (Fsp3) is 0.500. The zero-order chi connectivity index (χ0) is 16.3. The number of nitrogens with one attached hydrogen (secondary N) is 1. The Labute approximate surface area is 125 Å². The number of urea groups is 1. The van der Waals surface area contributed by atoms with Gasteiger partial charge in [-0.15, -0.1) is 0 Å². The zero-order valence-electron chi connectivity index (χ0n) is 12.0. The number of methoxy groups -OCH3 is 1. The molecular weight excluding hydrogens is 301 g/mol. The van der Waals surface area contributed by atoms with Gasteiger partial charge in [0.05, 0.1) is 26.3 Å². The van der Waals surface area contributed by atoms with Crippen molar-refractivity contribution < 1.29 is 27.8 Å². The summed E-state index contributed by atoms with van der Waals surface area (Å²) in [6, 6.07) is 2.54. The number of aliphatic hydroxyl groups is 1. The van der Waals surface area contributed by atoms with E-state index in [2.05, 4.69) is 5.32 Å².